The molecule has 0 aliphatic heterocycles. The first-order valence-corrected chi connectivity index (χ1v) is 6.46. The summed E-state index contributed by atoms with van der Waals surface area (Å²) in [6, 6.07) is -0.191. The Bertz CT molecular complexity index is 400. The van der Waals surface area contributed by atoms with Crippen LogP contribution in [0.25, 0.3) is 0 Å². The number of carbonyl (C=O) groups is 2. The molecule has 0 spiro atoms. The molecule has 2 aliphatic carbocycles. The molecule has 0 aromatic heterocycles. The van der Waals surface area contributed by atoms with E-state index < -0.39 is 11.9 Å². The minimum Gasteiger partial charge on any atom is -0.481 e. The van der Waals surface area contributed by atoms with Gasteiger partial charge in [0.25, 0.3) is 0 Å². The van der Waals surface area contributed by atoms with Crippen LogP contribution in [0.3, 0.4) is 0 Å². The Labute approximate surface area is 107 Å². The van der Waals surface area contributed by atoms with Crippen molar-refractivity contribution < 1.29 is 14.7 Å². The van der Waals surface area contributed by atoms with Gasteiger partial charge in [0.05, 0.1) is 5.92 Å². The van der Waals surface area contributed by atoms with Crippen LogP contribution in [-0.4, -0.2) is 23.0 Å². The van der Waals surface area contributed by atoms with E-state index in [1.807, 2.05) is 13.0 Å². The zero-order chi connectivity index (χ0) is 13.1. The maximum absolute atomic E-state index is 11.7. The first-order chi connectivity index (χ1) is 8.63. The Hall–Kier alpha value is -1.58. The SMILES string of the molecule is CC=CC=CC(=O)NC1C2CCC(C2)C1C(=O)O. The average Bonchev–Trinajstić information content (AvgIpc) is 2.89. The molecule has 4 atom stereocenters. The topological polar surface area (TPSA) is 66.4 Å². The molecule has 4 heteroatoms. The Morgan fingerprint density at radius 3 is 2.61 bits per heavy atom. The standard InChI is InChI=1S/C14H19NO3/c1-2-3-4-5-11(16)15-13-10-7-6-9(8-10)12(13)14(17)18/h2-5,9-10,12-13H,6-8H2,1H3,(H,15,16)(H,17,18). The summed E-state index contributed by atoms with van der Waals surface area (Å²) in [6.45, 7) is 1.87. The molecule has 2 aliphatic rings. The molecule has 4 unspecified atom stereocenters. The van der Waals surface area contributed by atoms with Crippen LogP contribution in [0.5, 0.6) is 0 Å². The zero-order valence-electron chi connectivity index (χ0n) is 10.5. The van der Waals surface area contributed by atoms with Crippen LogP contribution in [0.4, 0.5) is 0 Å². The van der Waals surface area contributed by atoms with E-state index in [0.717, 1.165) is 19.3 Å². The minimum atomic E-state index is -0.773. The molecule has 2 bridgehead atoms. The first-order valence-electron chi connectivity index (χ1n) is 6.46. The second-order valence-corrected chi connectivity index (χ2v) is 5.12. The van der Waals surface area contributed by atoms with Crippen molar-refractivity contribution >= 4 is 11.9 Å². The van der Waals surface area contributed by atoms with Crippen LogP contribution in [0, 0.1) is 17.8 Å². The summed E-state index contributed by atoms with van der Waals surface area (Å²) in [6.07, 6.45) is 9.69. The lowest BCUT2D eigenvalue weighted by Crippen LogP contribution is -2.46. The van der Waals surface area contributed by atoms with Crippen LogP contribution < -0.4 is 5.32 Å². The normalized spacial score (nSPS) is 34.5. The van der Waals surface area contributed by atoms with Gasteiger partial charge < -0.3 is 10.4 Å². The summed E-state index contributed by atoms with van der Waals surface area (Å²) in [5.41, 5.74) is 0. The molecule has 0 aromatic carbocycles. The molecule has 2 fully saturated rings. The van der Waals surface area contributed by atoms with Crippen molar-refractivity contribution in [1.82, 2.24) is 5.32 Å². The molecule has 2 saturated carbocycles. The van der Waals surface area contributed by atoms with Crippen LogP contribution in [0.15, 0.2) is 24.3 Å². The monoisotopic (exact) mass is 249 g/mol. The van der Waals surface area contributed by atoms with Crippen molar-refractivity contribution in [3.8, 4) is 0 Å². The maximum atomic E-state index is 11.7. The van der Waals surface area contributed by atoms with Crippen LogP contribution >= 0.6 is 0 Å². The number of amides is 1. The molecule has 0 saturated heterocycles. The van der Waals surface area contributed by atoms with Gasteiger partial charge in [0, 0.05) is 12.1 Å². The summed E-state index contributed by atoms with van der Waals surface area (Å²) in [5, 5.41) is 12.1. The quantitative estimate of drug-likeness (QED) is 0.589. The predicted octanol–water partition coefficient (Wildman–Crippen LogP) is 1.73. The van der Waals surface area contributed by atoms with Gasteiger partial charge in [0.1, 0.15) is 0 Å². The molecule has 2 rings (SSSR count). The van der Waals surface area contributed by atoms with Gasteiger partial charge in [-0.15, -0.1) is 0 Å². The highest BCUT2D eigenvalue weighted by Gasteiger charge is 2.51. The number of allylic oxidation sites excluding steroid dienone is 3. The first kappa shape index (κ1) is 12.9. The summed E-state index contributed by atoms with van der Waals surface area (Å²) in [7, 11) is 0. The van der Waals surface area contributed by atoms with Crippen LogP contribution in [-0.2, 0) is 9.59 Å². The van der Waals surface area contributed by atoms with E-state index in [1.165, 1.54) is 6.08 Å². The van der Waals surface area contributed by atoms with Crippen molar-refractivity contribution in [3.05, 3.63) is 24.3 Å². The highest BCUT2D eigenvalue weighted by molar-refractivity contribution is 5.88. The summed E-state index contributed by atoms with van der Waals surface area (Å²) in [5.74, 6) is -0.780. The fourth-order valence-electron chi connectivity index (χ4n) is 3.32. The van der Waals surface area contributed by atoms with Crippen LogP contribution in [0.1, 0.15) is 26.2 Å². The Balaban J connectivity index is 1.99. The Morgan fingerprint density at radius 2 is 1.94 bits per heavy atom. The summed E-state index contributed by atoms with van der Waals surface area (Å²) >= 11 is 0. The molecule has 1 amide bonds. The lowest BCUT2D eigenvalue weighted by Gasteiger charge is -2.28. The van der Waals surface area contributed by atoms with Gasteiger partial charge in [0.2, 0.25) is 5.91 Å². The number of rotatable bonds is 4. The lowest BCUT2D eigenvalue weighted by molar-refractivity contribution is -0.144. The molecule has 18 heavy (non-hydrogen) atoms. The number of carboxylic acid groups (broad SMARTS) is 1. The minimum absolute atomic E-state index is 0.191. The number of carboxylic acids is 1. The van der Waals surface area contributed by atoms with E-state index in [2.05, 4.69) is 5.32 Å². The van der Waals surface area contributed by atoms with Crippen molar-refractivity contribution in [3.63, 3.8) is 0 Å². The van der Waals surface area contributed by atoms with Gasteiger partial charge in [-0.1, -0.05) is 18.2 Å². The third kappa shape index (κ3) is 2.47. The molecule has 98 valence electrons. The molecule has 0 aromatic rings. The second-order valence-electron chi connectivity index (χ2n) is 5.12. The second kappa shape index (κ2) is 5.38. The molecule has 0 heterocycles. The van der Waals surface area contributed by atoms with Crippen LogP contribution in [0.2, 0.25) is 0 Å². The van der Waals surface area contributed by atoms with E-state index in [1.54, 1.807) is 12.2 Å². The Morgan fingerprint density at radius 1 is 1.22 bits per heavy atom. The van der Waals surface area contributed by atoms with E-state index >= 15 is 0 Å². The van der Waals surface area contributed by atoms with Gasteiger partial charge in [-0.3, -0.25) is 9.59 Å². The fraction of sp³-hybridized carbons (Fsp3) is 0.571. The molecule has 0 radical (unpaired) electrons. The van der Waals surface area contributed by atoms with E-state index in [0.29, 0.717) is 5.92 Å². The van der Waals surface area contributed by atoms with Gasteiger partial charge in [-0.2, -0.15) is 0 Å². The van der Waals surface area contributed by atoms with Crippen molar-refractivity contribution in [1.29, 1.82) is 0 Å². The summed E-state index contributed by atoms with van der Waals surface area (Å²) in [4.78, 5) is 23.0. The van der Waals surface area contributed by atoms with E-state index in [4.69, 9.17) is 0 Å². The van der Waals surface area contributed by atoms with Gasteiger partial charge >= 0.3 is 5.97 Å². The molecular weight excluding hydrogens is 230 g/mol. The largest absolute Gasteiger partial charge is 0.481 e. The number of hydrogen-bond donors (Lipinski definition) is 2. The van der Waals surface area contributed by atoms with Crippen molar-refractivity contribution in [2.45, 2.75) is 32.2 Å². The average molecular weight is 249 g/mol. The van der Waals surface area contributed by atoms with Gasteiger partial charge in [0.15, 0.2) is 0 Å². The Kier molecular flexibility index (Phi) is 3.84. The van der Waals surface area contributed by atoms with Gasteiger partial charge in [-0.25, -0.2) is 0 Å². The van der Waals surface area contributed by atoms with E-state index in [9.17, 15) is 14.7 Å². The third-order valence-electron chi connectivity index (χ3n) is 4.06. The summed E-state index contributed by atoms with van der Waals surface area (Å²) < 4.78 is 0. The number of aliphatic carboxylic acids is 1. The van der Waals surface area contributed by atoms with Crippen molar-refractivity contribution in [2.75, 3.05) is 0 Å². The number of fused-ring (bicyclic) bond motifs is 2. The smallest absolute Gasteiger partial charge is 0.308 e. The number of nitrogens with one attached hydrogen (secondary N) is 1. The fourth-order valence-corrected chi connectivity index (χ4v) is 3.32. The highest BCUT2D eigenvalue weighted by Crippen LogP contribution is 2.48. The lowest BCUT2D eigenvalue weighted by atomic mass is 9.84. The molecule has 4 nitrogen and oxygen atoms in total. The predicted molar refractivity (Wildman–Crippen MR) is 67.8 cm³/mol. The molecular formula is C14H19NO3. The zero-order valence-corrected chi connectivity index (χ0v) is 10.5. The van der Waals surface area contributed by atoms with Gasteiger partial charge in [-0.05, 0) is 38.0 Å². The van der Waals surface area contributed by atoms with E-state index in [-0.39, 0.29) is 17.9 Å². The number of carbonyl (C=O) groups excluding carboxylic acids is 1. The highest BCUT2D eigenvalue weighted by atomic mass is 16.4. The number of hydrogen-bond acceptors (Lipinski definition) is 2. The molecule has 2 N–H and O–H groups in total. The maximum Gasteiger partial charge on any atom is 0.308 e. The van der Waals surface area contributed by atoms with Crippen molar-refractivity contribution in [2.24, 2.45) is 17.8 Å². The third-order valence-corrected chi connectivity index (χ3v) is 4.06.